The van der Waals surface area contributed by atoms with Crippen molar-refractivity contribution in [3.8, 4) is 28.7 Å². The number of aromatic nitrogens is 4. The van der Waals surface area contributed by atoms with Gasteiger partial charge in [0.2, 0.25) is 0 Å². The molecule has 2 aromatic heterocycles. The fraction of sp³-hybridized carbons (Fsp3) is 0.364. The molecule has 0 bridgehead atoms. The van der Waals surface area contributed by atoms with Crippen LogP contribution >= 0.6 is 11.6 Å². The molecule has 1 aliphatic carbocycles. The number of hydrogen-bond donors (Lipinski definition) is 1. The summed E-state index contributed by atoms with van der Waals surface area (Å²) in [4.78, 5) is 12.7. The highest BCUT2D eigenvalue weighted by Crippen LogP contribution is 2.50. The van der Waals surface area contributed by atoms with E-state index in [-0.39, 0.29) is 26.5 Å². The second-order valence-electron chi connectivity index (χ2n) is 8.65. The average Bonchev–Trinajstić information content (AvgIpc) is 3.31. The number of nitrogens with one attached hydrogen (secondary N) is 1. The van der Waals surface area contributed by atoms with Gasteiger partial charge in [0.15, 0.2) is 5.69 Å². The number of benzene rings is 1. The molecule has 1 fully saturated rings. The van der Waals surface area contributed by atoms with E-state index in [1.807, 2.05) is 6.07 Å². The van der Waals surface area contributed by atoms with Crippen LogP contribution < -0.4 is 5.32 Å². The van der Waals surface area contributed by atoms with Crippen molar-refractivity contribution in [2.24, 2.45) is 14.1 Å². The average molecular weight is 567 g/mol. The highest BCUT2D eigenvalue weighted by Gasteiger charge is 2.64. The minimum Gasteiger partial charge on any atom is -0.334 e. The lowest BCUT2D eigenvalue weighted by molar-refractivity contribution is -0.292. The first-order chi connectivity index (χ1) is 17.4. The Balaban J connectivity index is 1.82. The molecule has 1 N–H and O–H groups in total. The number of amides is 1. The van der Waals surface area contributed by atoms with Gasteiger partial charge in [-0.15, -0.1) is 0 Å². The Kier molecular flexibility index (Phi) is 6.26. The van der Waals surface area contributed by atoms with Gasteiger partial charge in [0, 0.05) is 19.7 Å². The first-order valence-corrected chi connectivity index (χ1v) is 11.0. The third kappa shape index (κ3) is 4.57. The van der Waals surface area contributed by atoms with Crippen molar-refractivity contribution in [3.63, 3.8) is 0 Å². The van der Waals surface area contributed by atoms with E-state index in [9.17, 15) is 45.2 Å². The molecule has 0 unspecified atom stereocenters. The maximum Gasteiger partial charge on any atom is 0.459 e. The lowest BCUT2D eigenvalue weighted by Crippen LogP contribution is -2.36. The predicted molar refractivity (Wildman–Crippen MR) is 116 cm³/mol. The quantitative estimate of drug-likeness (QED) is 0.407. The van der Waals surface area contributed by atoms with E-state index in [1.54, 1.807) is 0 Å². The van der Waals surface area contributed by atoms with Crippen LogP contribution in [-0.2, 0) is 26.2 Å². The number of rotatable bonds is 5. The number of nitriles is 1. The Morgan fingerprint density at radius 2 is 1.68 bits per heavy atom. The van der Waals surface area contributed by atoms with Crippen LogP contribution in [0.3, 0.4) is 0 Å². The van der Waals surface area contributed by atoms with Gasteiger partial charge in [-0.1, -0.05) is 17.7 Å². The monoisotopic (exact) mass is 566 g/mol. The van der Waals surface area contributed by atoms with Crippen LogP contribution in [0.1, 0.15) is 34.5 Å². The van der Waals surface area contributed by atoms with Crippen molar-refractivity contribution >= 4 is 17.5 Å². The molecule has 0 saturated heterocycles. The van der Waals surface area contributed by atoms with Gasteiger partial charge >= 0.3 is 18.3 Å². The van der Waals surface area contributed by atoms with E-state index in [0.29, 0.717) is 12.8 Å². The van der Waals surface area contributed by atoms with Crippen molar-refractivity contribution in [3.05, 3.63) is 46.1 Å². The van der Waals surface area contributed by atoms with E-state index < -0.39 is 52.4 Å². The minimum absolute atomic E-state index is 0.00685. The van der Waals surface area contributed by atoms with Crippen LogP contribution in [0.2, 0.25) is 5.02 Å². The van der Waals surface area contributed by atoms with E-state index >= 15 is 0 Å². The van der Waals surface area contributed by atoms with Crippen LogP contribution in [-0.4, -0.2) is 37.2 Å². The summed E-state index contributed by atoms with van der Waals surface area (Å²) in [6, 6.07) is 6.99. The number of carbonyl (C=O) groups is 1. The predicted octanol–water partition coefficient (Wildman–Crippen LogP) is 5.60. The van der Waals surface area contributed by atoms with Crippen molar-refractivity contribution < 1.29 is 39.9 Å². The highest BCUT2D eigenvalue weighted by molar-refractivity contribution is 6.34. The van der Waals surface area contributed by atoms with E-state index in [2.05, 4.69) is 15.5 Å². The summed E-state index contributed by atoms with van der Waals surface area (Å²) < 4.78 is 110. The lowest BCUT2D eigenvalue weighted by atomic mass is 10.0. The molecular formula is C22H15ClF8N6O. The molecule has 1 amide bonds. The Labute approximate surface area is 213 Å². The summed E-state index contributed by atoms with van der Waals surface area (Å²) in [6.45, 7) is 0. The molecule has 3 aromatic rings. The second-order valence-corrected chi connectivity index (χ2v) is 9.05. The van der Waals surface area contributed by atoms with E-state index in [4.69, 9.17) is 11.6 Å². The summed E-state index contributed by atoms with van der Waals surface area (Å²) >= 11 is 6.12. The topological polar surface area (TPSA) is 88.5 Å². The standard InChI is InChI=1S/C22H15ClF8N6O/c1-36-14(10-3-4-12(23)11(7-10)18(38)33-19(9-32)5-6-19)8-13(34-36)16-15(21(26,27)28)17(35-37(16)2)20(24,25)22(29,30)31/h3-4,7-8H,5-6H2,1-2H3,(H,33,38). The molecular weight excluding hydrogens is 552 g/mol. The number of nitrogens with zero attached hydrogens (tertiary/aromatic N) is 5. The van der Waals surface area contributed by atoms with Gasteiger partial charge in [0.05, 0.1) is 22.3 Å². The maximum atomic E-state index is 14.0. The smallest absolute Gasteiger partial charge is 0.334 e. The normalized spacial score (nSPS) is 15.3. The zero-order chi connectivity index (χ0) is 28.4. The number of aryl methyl sites for hydroxylation is 2. The molecule has 202 valence electrons. The Bertz CT molecular complexity index is 1480. The second kappa shape index (κ2) is 8.69. The fourth-order valence-electron chi connectivity index (χ4n) is 3.83. The van der Waals surface area contributed by atoms with Gasteiger partial charge in [-0.25, -0.2) is 0 Å². The molecule has 0 spiro atoms. The van der Waals surface area contributed by atoms with Gasteiger partial charge in [-0.05, 0) is 31.0 Å². The maximum absolute atomic E-state index is 14.0. The molecule has 0 aliphatic heterocycles. The van der Waals surface area contributed by atoms with Gasteiger partial charge in [0.25, 0.3) is 5.91 Å². The third-order valence-electron chi connectivity index (χ3n) is 5.93. The van der Waals surface area contributed by atoms with Crippen molar-refractivity contribution in [2.45, 2.75) is 36.7 Å². The largest absolute Gasteiger partial charge is 0.459 e. The van der Waals surface area contributed by atoms with Crippen LogP contribution in [0.25, 0.3) is 22.6 Å². The van der Waals surface area contributed by atoms with Crippen molar-refractivity contribution in [1.29, 1.82) is 5.26 Å². The number of alkyl halides is 8. The summed E-state index contributed by atoms with van der Waals surface area (Å²) in [5, 5.41) is 18.5. The van der Waals surface area contributed by atoms with Crippen LogP contribution in [0.5, 0.6) is 0 Å². The molecule has 2 heterocycles. The van der Waals surface area contributed by atoms with Gasteiger partial charge in [0.1, 0.15) is 22.5 Å². The fourth-order valence-corrected chi connectivity index (χ4v) is 4.03. The number of halogens is 9. The Morgan fingerprint density at radius 1 is 1.05 bits per heavy atom. The summed E-state index contributed by atoms with van der Waals surface area (Å²) in [5.41, 5.74) is -7.29. The minimum atomic E-state index is -6.33. The molecule has 4 rings (SSSR count). The molecule has 1 aromatic carbocycles. The summed E-state index contributed by atoms with van der Waals surface area (Å²) in [5.74, 6) is -6.57. The third-order valence-corrected chi connectivity index (χ3v) is 6.26. The number of hydrogen-bond acceptors (Lipinski definition) is 4. The van der Waals surface area contributed by atoms with Crippen molar-refractivity contribution in [1.82, 2.24) is 24.9 Å². The molecule has 16 heteroatoms. The Hall–Kier alpha value is -3.67. The molecule has 1 aliphatic rings. The summed E-state index contributed by atoms with van der Waals surface area (Å²) in [7, 11) is 2.07. The van der Waals surface area contributed by atoms with Crippen LogP contribution in [0, 0.1) is 11.3 Å². The molecule has 38 heavy (non-hydrogen) atoms. The zero-order valence-corrected chi connectivity index (χ0v) is 20.0. The van der Waals surface area contributed by atoms with E-state index in [1.165, 1.54) is 25.2 Å². The lowest BCUT2D eigenvalue weighted by Gasteiger charge is -2.19. The SMILES string of the molecule is Cn1nc(-c2c(C(F)(F)F)c(C(F)(F)C(F)(F)F)nn2C)cc1-c1ccc(Cl)c(C(=O)NC2(C#N)CC2)c1. The summed E-state index contributed by atoms with van der Waals surface area (Å²) in [6.07, 6.45) is -11.1. The molecule has 7 nitrogen and oxygen atoms in total. The van der Waals surface area contributed by atoms with Crippen molar-refractivity contribution in [2.75, 3.05) is 0 Å². The van der Waals surface area contributed by atoms with Gasteiger partial charge in [-0.2, -0.15) is 50.6 Å². The first-order valence-electron chi connectivity index (χ1n) is 10.6. The zero-order valence-electron chi connectivity index (χ0n) is 19.3. The van der Waals surface area contributed by atoms with Gasteiger partial charge in [-0.3, -0.25) is 14.2 Å². The molecule has 0 atom stereocenters. The first kappa shape index (κ1) is 27.4. The molecule has 0 radical (unpaired) electrons. The van der Waals surface area contributed by atoms with E-state index in [0.717, 1.165) is 17.8 Å². The molecule has 1 saturated carbocycles. The van der Waals surface area contributed by atoms with Gasteiger partial charge < -0.3 is 5.32 Å². The van der Waals surface area contributed by atoms with Crippen LogP contribution in [0.4, 0.5) is 35.1 Å². The Morgan fingerprint density at radius 3 is 2.21 bits per heavy atom. The number of carbonyl (C=O) groups excluding carboxylic acids is 1. The highest BCUT2D eigenvalue weighted by atomic mass is 35.5. The van der Waals surface area contributed by atoms with Crippen LogP contribution in [0.15, 0.2) is 24.3 Å².